The Morgan fingerprint density at radius 1 is 0.963 bits per heavy atom. The van der Waals surface area contributed by atoms with E-state index in [0.29, 0.717) is 29.5 Å². The van der Waals surface area contributed by atoms with Gasteiger partial charge in [-0.25, -0.2) is 0 Å². The van der Waals surface area contributed by atoms with Crippen LogP contribution in [0.15, 0.2) is 66.9 Å². The van der Waals surface area contributed by atoms with Gasteiger partial charge in [0.25, 0.3) is 0 Å². The number of carbonyl (C=O) groups excluding carboxylic acids is 1. The Morgan fingerprint density at radius 3 is 2.52 bits per heavy atom. The van der Waals surface area contributed by atoms with E-state index >= 15 is 0 Å². The summed E-state index contributed by atoms with van der Waals surface area (Å²) in [5, 5.41) is 1.30. The van der Waals surface area contributed by atoms with Crippen molar-refractivity contribution in [1.29, 1.82) is 0 Å². The molecule has 0 saturated heterocycles. The van der Waals surface area contributed by atoms with Crippen LogP contribution < -0.4 is 0 Å². The summed E-state index contributed by atoms with van der Waals surface area (Å²) in [5.41, 5.74) is 4.01. The molecule has 2 aromatic carbocycles. The number of rotatable bonds is 4. The van der Waals surface area contributed by atoms with E-state index in [1.54, 1.807) is 0 Å². The Morgan fingerprint density at radius 2 is 1.70 bits per heavy atom. The van der Waals surface area contributed by atoms with Gasteiger partial charge in [-0.1, -0.05) is 48.5 Å². The fourth-order valence-electron chi connectivity index (χ4n) is 5.25. The van der Waals surface area contributed by atoms with E-state index in [1.807, 2.05) is 24.4 Å². The number of benzene rings is 2. The molecule has 0 unspecified atom stereocenters. The van der Waals surface area contributed by atoms with Gasteiger partial charge in [0.1, 0.15) is 5.78 Å². The first-order chi connectivity index (χ1) is 13.3. The van der Waals surface area contributed by atoms with Crippen molar-refractivity contribution in [2.45, 2.75) is 44.4 Å². The van der Waals surface area contributed by atoms with Crippen LogP contribution in [0.2, 0.25) is 0 Å². The number of pyridine rings is 1. The van der Waals surface area contributed by atoms with Crippen molar-refractivity contribution in [2.24, 2.45) is 11.3 Å². The monoisotopic (exact) mass is 355 g/mol. The van der Waals surface area contributed by atoms with Gasteiger partial charge in [0, 0.05) is 23.9 Å². The Kier molecular flexibility index (Phi) is 4.07. The van der Waals surface area contributed by atoms with Gasteiger partial charge in [0.15, 0.2) is 0 Å². The largest absolute Gasteiger partial charge is 0.299 e. The molecule has 136 valence electrons. The van der Waals surface area contributed by atoms with Crippen LogP contribution in [-0.2, 0) is 11.2 Å². The molecule has 1 spiro atoms. The highest BCUT2D eigenvalue weighted by molar-refractivity contribution is 5.87. The standard InChI is InChI=1S/C25H25NO/c27-24(16-18-6-2-1-3-7-18)22-17-25(22)13-10-19(11-14-25)20-12-15-26-23-9-5-4-8-21(20)23/h1-9,12,15,19,22H,10-11,13-14,16-17H2/t19?,22-,25?/m1/s1. The van der Waals surface area contributed by atoms with Crippen LogP contribution in [0.1, 0.15) is 49.1 Å². The minimum absolute atomic E-state index is 0.299. The average molecular weight is 355 g/mol. The maximum Gasteiger partial charge on any atom is 0.140 e. The molecule has 1 aromatic heterocycles. The second-order valence-corrected chi connectivity index (χ2v) is 8.44. The quantitative estimate of drug-likeness (QED) is 0.600. The molecular formula is C25H25NO. The first kappa shape index (κ1) is 16.7. The van der Waals surface area contributed by atoms with Crippen molar-refractivity contribution in [3.63, 3.8) is 0 Å². The highest BCUT2D eigenvalue weighted by atomic mass is 16.1. The number of para-hydroxylation sites is 1. The molecular weight excluding hydrogens is 330 g/mol. The summed E-state index contributed by atoms with van der Waals surface area (Å²) in [6, 6.07) is 20.9. The Bertz CT molecular complexity index is 965. The zero-order chi connectivity index (χ0) is 18.3. The number of aromatic nitrogens is 1. The van der Waals surface area contributed by atoms with Crippen molar-refractivity contribution in [1.82, 2.24) is 4.98 Å². The van der Waals surface area contributed by atoms with Gasteiger partial charge in [0.05, 0.1) is 5.52 Å². The molecule has 2 aliphatic rings. The van der Waals surface area contributed by atoms with E-state index in [9.17, 15) is 4.79 Å². The zero-order valence-electron chi connectivity index (χ0n) is 15.6. The highest BCUT2D eigenvalue weighted by Crippen LogP contribution is 2.63. The van der Waals surface area contributed by atoms with Crippen molar-refractivity contribution >= 4 is 16.7 Å². The van der Waals surface area contributed by atoms with Gasteiger partial charge in [-0.3, -0.25) is 9.78 Å². The lowest BCUT2D eigenvalue weighted by Gasteiger charge is -2.30. The number of Topliss-reactive ketones (excluding diaryl/α,β-unsaturated/α-hetero) is 1. The normalized spacial score (nSPS) is 27.0. The Hall–Kier alpha value is -2.48. The average Bonchev–Trinajstić information content (AvgIpc) is 3.42. The van der Waals surface area contributed by atoms with Gasteiger partial charge in [0.2, 0.25) is 0 Å². The third kappa shape index (κ3) is 3.07. The predicted octanol–water partition coefficient (Wildman–Crippen LogP) is 5.71. The van der Waals surface area contributed by atoms with Gasteiger partial charge in [-0.2, -0.15) is 0 Å². The number of nitrogens with zero attached hydrogens (tertiary/aromatic N) is 1. The number of ketones is 1. The smallest absolute Gasteiger partial charge is 0.140 e. The fraction of sp³-hybridized carbons (Fsp3) is 0.360. The first-order valence-electron chi connectivity index (χ1n) is 10.2. The molecule has 3 aromatic rings. The SMILES string of the molecule is O=C(Cc1ccccc1)[C@H]1CC12CCC(c1ccnc3ccccc13)CC2. The van der Waals surface area contributed by atoms with Gasteiger partial charge >= 0.3 is 0 Å². The molecule has 2 nitrogen and oxygen atoms in total. The lowest BCUT2D eigenvalue weighted by molar-refractivity contribution is -0.120. The number of hydrogen-bond acceptors (Lipinski definition) is 2. The van der Waals surface area contributed by atoms with E-state index < -0.39 is 0 Å². The molecule has 2 aliphatic carbocycles. The number of hydrogen-bond donors (Lipinski definition) is 0. The summed E-state index contributed by atoms with van der Waals surface area (Å²) in [4.78, 5) is 17.3. The molecule has 5 rings (SSSR count). The maximum absolute atomic E-state index is 12.8. The zero-order valence-corrected chi connectivity index (χ0v) is 15.6. The summed E-state index contributed by atoms with van der Waals surface area (Å²) >= 11 is 0. The van der Waals surface area contributed by atoms with E-state index in [0.717, 1.165) is 17.5 Å². The molecule has 2 saturated carbocycles. The molecule has 2 heteroatoms. The van der Waals surface area contributed by atoms with Gasteiger partial charge < -0.3 is 0 Å². The summed E-state index contributed by atoms with van der Waals surface area (Å²) in [6.45, 7) is 0. The molecule has 0 aliphatic heterocycles. The molecule has 0 radical (unpaired) electrons. The molecule has 1 atom stereocenters. The van der Waals surface area contributed by atoms with E-state index in [-0.39, 0.29) is 0 Å². The fourth-order valence-corrected chi connectivity index (χ4v) is 5.25. The van der Waals surface area contributed by atoms with Crippen LogP contribution >= 0.6 is 0 Å². The van der Waals surface area contributed by atoms with Crippen LogP contribution in [0.3, 0.4) is 0 Å². The van der Waals surface area contributed by atoms with Crippen LogP contribution in [0.25, 0.3) is 10.9 Å². The van der Waals surface area contributed by atoms with E-state index in [1.165, 1.54) is 36.6 Å². The van der Waals surface area contributed by atoms with Crippen LogP contribution in [0.4, 0.5) is 0 Å². The summed E-state index contributed by atoms with van der Waals surface area (Å²) < 4.78 is 0. The lowest BCUT2D eigenvalue weighted by atomic mass is 9.74. The minimum Gasteiger partial charge on any atom is -0.299 e. The molecule has 2 fully saturated rings. The van der Waals surface area contributed by atoms with Crippen LogP contribution in [0, 0.1) is 11.3 Å². The molecule has 27 heavy (non-hydrogen) atoms. The van der Waals surface area contributed by atoms with Crippen LogP contribution in [-0.4, -0.2) is 10.8 Å². The third-order valence-electron chi connectivity index (χ3n) is 6.90. The van der Waals surface area contributed by atoms with Gasteiger partial charge in [-0.05, 0) is 66.7 Å². The summed E-state index contributed by atoms with van der Waals surface area (Å²) in [5.74, 6) is 1.36. The van der Waals surface area contributed by atoms with Crippen molar-refractivity contribution in [3.8, 4) is 0 Å². The van der Waals surface area contributed by atoms with Crippen molar-refractivity contribution in [2.75, 3.05) is 0 Å². The molecule has 1 heterocycles. The van der Waals surface area contributed by atoms with E-state index in [4.69, 9.17) is 0 Å². The molecule has 0 N–H and O–H groups in total. The Balaban J connectivity index is 1.26. The lowest BCUT2D eigenvalue weighted by Crippen LogP contribution is -2.19. The topological polar surface area (TPSA) is 30.0 Å². The Labute approximate surface area is 160 Å². The molecule has 0 amide bonds. The summed E-state index contributed by atoms with van der Waals surface area (Å²) in [7, 11) is 0. The van der Waals surface area contributed by atoms with Crippen molar-refractivity contribution in [3.05, 3.63) is 78.0 Å². The first-order valence-corrected chi connectivity index (χ1v) is 10.2. The second-order valence-electron chi connectivity index (χ2n) is 8.44. The number of carbonyl (C=O) groups is 1. The second kappa shape index (κ2) is 6.60. The predicted molar refractivity (Wildman–Crippen MR) is 109 cm³/mol. The highest BCUT2D eigenvalue weighted by Gasteiger charge is 2.57. The molecule has 0 bridgehead atoms. The summed E-state index contributed by atoms with van der Waals surface area (Å²) in [6.07, 6.45) is 8.45. The van der Waals surface area contributed by atoms with E-state index in [2.05, 4.69) is 47.4 Å². The number of fused-ring (bicyclic) bond motifs is 1. The minimum atomic E-state index is 0.299. The van der Waals surface area contributed by atoms with Crippen molar-refractivity contribution < 1.29 is 4.79 Å². The third-order valence-corrected chi connectivity index (χ3v) is 6.90. The maximum atomic E-state index is 12.8. The van der Waals surface area contributed by atoms with Gasteiger partial charge in [-0.15, -0.1) is 0 Å². The van der Waals surface area contributed by atoms with Crippen LogP contribution in [0.5, 0.6) is 0 Å².